The summed E-state index contributed by atoms with van der Waals surface area (Å²) in [7, 11) is 0. The molecular weight excluding hydrogens is 122 g/mol. The summed E-state index contributed by atoms with van der Waals surface area (Å²) >= 11 is 0. The highest BCUT2D eigenvalue weighted by Gasteiger charge is 2.00. The predicted octanol–water partition coefficient (Wildman–Crippen LogP) is 0.345. The molecule has 0 N–H and O–H groups in total. The highest BCUT2D eigenvalue weighted by atomic mass is 16.6. The summed E-state index contributed by atoms with van der Waals surface area (Å²) in [5.41, 5.74) is 0.485. The summed E-state index contributed by atoms with van der Waals surface area (Å²) in [6.45, 7) is 1.63. The van der Waals surface area contributed by atoms with Crippen molar-refractivity contribution in [2.75, 3.05) is 0 Å². The minimum atomic E-state index is 0.185. The third-order valence-electron chi connectivity index (χ3n) is 0.780. The second-order valence-electron chi connectivity index (χ2n) is 1.38. The molecule has 0 saturated carbocycles. The zero-order valence-electron chi connectivity index (χ0n) is 4.66. The Morgan fingerprint density at radius 3 is 2.89 bits per heavy atom. The van der Waals surface area contributed by atoms with Crippen LogP contribution in [0.3, 0.4) is 0 Å². The maximum Gasteiger partial charge on any atom is 0.242 e. The van der Waals surface area contributed by atoms with Crippen LogP contribution in [0.2, 0.25) is 0 Å². The van der Waals surface area contributed by atoms with Gasteiger partial charge in [0.2, 0.25) is 11.9 Å². The van der Waals surface area contributed by atoms with Crippen molar-refractivity contribution in [2.24, 2.45) is 4.99 Å². The fraction of sp³-hybridized carbons (Fsp3) is 0.250. The van der Waals surface area contributed by atoms with E-state index in [-0.39, 0.29) is 5.82 Å². The Balaban J connectivity index is 3.07. The number of hydrogen-bond acceptors (Lipinski definition) is 5. The highest BCUT2D eigenvalue weighted by Crippen LogP contribution is 2.08. The van der Waals surface area contributed by atoms with Crippen LogP contribution in [0.1, 0.15) is 5.69 Å². The molecule has 0 fully saturated rings. The number of aryl methyl sites for hydroxylation is 1. The third-order valence-corrected chi connectivity index (χ3v) is 0.780. The smallest absolute Gasteiger partial charge is 0.242 e. The molecule has 5 nitrogen and oxygen atoms in total. The van der Waals surface area contributed by atoms with Crippen LogP contribution < -0.4 is 0 Å². The van der Waals surface area contributed by atoms with E-state index in [0.717, 1.165) is 0 Å². The van der Waals surface area contributed by atoms with Gasteiger partial charge in [-0.1, -0.05) is 5.16 Å². The minimum Gasteiger partial charge on any atom is -0.242 e. The van der Waals surface area contributed by atoms with Crippen molar-refractivity contribution in [1.82, 2.24) is 10.3 Å². The Kier molecular flexibility index (Phi) is 1.38. The molecule has 0 saturated heterocycles. The summed E-state index contributed by atoms with van der Waals surface area (Å²) in [6, 6.07) is 0. The normalized spacial score (nSPS) is 8.56. The molecular formula is C4H3N3O2. The molecule has 0 aliphatic carbocycles. The quantitative estimate of drug-likeness (QED) is 0.401. The van der Waals surface area contributed by atoms with Crippen molar-refractivity contribution in [2.45, 2.75) is 6.92 Å². The molecule has 0 amide bonds. The van der Waals surface area contributed by atoms with Gasteiger partial charge in [-0.25, -0.2) is 9.42 Å². The second-order valence-corrected chi connectivity index (χ2v) is 1.38. The van der Waals surface area contributed by atoms with Crippen LogP contribution >= 0.6 is 0 Å². The molecule has 0 aromatic carbocycles. The lowest BCUT2D eigenvalue weighted by molar-refractivity contribution is 0.305. The number of aliphatic imine (C=N–C) groups is 1. The van der Waals surface area contributed by atoms with Gasteiger partial charge in [0.15, 0.2) is 0 Å². The summed E-state index contributed by atoms with van der Waals surface area (Å²) in [4.78, 5) is 12.8. The summed E-state index contributed by atoms with van der Waals surface area (Å²) < 4.78 is 4.23. The maximum absolute atomic E-state index is 9.62. The van der Waals surface area contributed by atoms with Gasteiger partial charge in [-0.3, -0.25) is 0 Å². The van der Waals surface area contributed by atoms with E-state index >= 15 is 0 Å². The average Bonchev–Trinajstić information content (AvgIpc) is 2.18. The molecule has 1 aromatic rings. The second kappa shape index (κ2) is 2.19. The van der Waals surface area contributed by atoms with E-state index in [1.807, 2.05) is 0 Å². The van der Waals surface area contributed by atoms with Gasteiger partial charge in [-0.15, -0.1) is 4.99 Å². The lowest BCUT2D eigenvalue weighted by Gasteiger charge is -1.72. The average molecular weight is 125 g/mol. The van der Waals surface area contributed by atoms with Crippen LogP contribution in [0.15, 0.2) is 9.62 Å². The van der Waals surface area contributed by atoms with Crippen LogP contribution in [0, 0.1) is 6.92 Å². The van der Waals surface area contributed by atoms with E-state index in [2.05, 4.69) is 19.9 Å². The highest BCUT2D eigenvalue weighted by molar-refractivity contribution is 5.45. The zero-order chi connectivity index (χ0) is 6.69. The van der Waals surface area contributed by atoms with Crippen LogP contribution in [0.25, 0.3) is 0 Å². The molecule has 9 heavy (non-hydrogen) atoms. The number of hydrogen-bond donors (Lipinski definition) is 0. The number of isocyanates is 1. The first-order valence-corrected chi connectivity index (χ1v) is 2.21. The van der Waals surface area contributed by atoms with Crippen molar-refractivity contribution in [3.8, 4) is 0 Å². The van der Waals surface area contributed by atoms with Crippen LogP contribution in [0.4, 0.5) is 5.82 Å². The first-order valence-electron chi connectivity index (χ1n) is 2.21. The largest absolute Gasteiger partial charge is 0.242 e. The molecule has 0 spiro atoms. The van der Waals surface area contributed by atoms with E-state index in [4.69, 9.17) is 0 Å². The van der Waals surface area contributed by atoms with Gasteiger partial charge < -0.3 is 0 Å². The predicted molar refractivity (Wildman–Crippen MR) is 26.8 cm³/mol. The Morgan fingerprint density at radius 1 is 1.67 bits per heavy atom. The summed E-state index contributed by atoms with van der Waals surface area (Å²) in [5.74, 6) is 0.185. The third kappa shape index (κ3) is 1.00. The molecule has 46 valence electrons. The van der Waals surface area contributed by atoms with E-state index in [0.29, 0.717) is 5.69 Å². The molecule has 5 heteroatoms. The Morgan fingerprint density at radius 2 is 2.44 bits per heavy atom. The zero-order valence-corrected chi connectivity index (χ0v) is 4.66. The minimum absolute atomic E-state index is 0.185. The van der Waals surface area contributed by atoms with Crippen molar-refractivity contribution in [3.63, 3.8) is 0 Å². The Hall–Kier alpha value is -1.48. The first kappa shape index (κ1) is 5.65. The van der Waals surface area contributed by atoms with Crippen molar-refractivity contribution in [1.29, 1.82) is 0 Å². The standard InChI is InChI=1S/C4H3N3O2/c1-3-4(5-2-8)7-9-6-3/h1H3. The van der Waals surface area contributed by atoms with Gasteiger partial charge in [0.25, 0.3) is 0 Å². The van der Waals surface area contributed by atoms with Crippen LogP contribution in [0.5, 0.6) is 0 Å². The van der Waals surface area contributed by atoms with Gasteiger partial charge in [0, 0.05) is 0 Å². The van der Waals surface area contributed by atoms with E-state index in [1.54, 1.807) is 6.92 Å². The fourth-order valence-corrected chi connectivity index (χ4v) is 0.372. The van der Waals surface area contributed by atoms with Crippen LogP contribution in [-0.4, -0.2) is 16.4 Å². The number of carbonyl (C=O) groups excluding carboxylic acids is 1. The molecule has 0 aliphatic rings. The molecule has 0 atom stereocenters. The van der Waals surface area contributed by atoms with Gasteiger partial charge in [-0.2, -0.15) is 0 Å². The lowest BCUT2D eigenvalue weighted by atomic mass is 10.5. The van der Waals surface area contributed by atoms with Crippen molar-refractivity contribution >= 4 is 11.9 Å². The maximum atomic E-state index is 9.62. The molecule has 0 unspecified atom stereocenters. The fourth-order valence-electron chi connectivity index (χ4n) is 0.372. The molecule has 1 rings (SSSR count). The van der Waals surface area contributed by atoms with Gasteiger partial charge in [-0.05, 0) is 12.1 Å². The monoisotopic (exact) mass is 125 g/mol. The van der Waals surface area contributed by atoms with Gasteiger partial charge in [0.05, 0.1) is 0 Å². The van der Waals surface area contributed by atoms with Crippen LogP contribution in [-0.2, 0) is 4.79 Å². The Bertz CT molecular complexity index is 248. The summed E-state index contributed by atoms with van der Waals surface area (Å²) in [6.07, 6.45) is 1.32. The first-order chi connectivity index (χ1) is 4.34. The molecule has 1 aromatic heterocycles. The van der Waals surface area contributed by atoms with Gasteiger partial charge >= 0.3 is 0 Å². The SMILES string of the molecule is Cc1nonc1N=C=O. The number of rotatable bonds is 1. The van der Waals surface area contributed by atoms with E-state index < -0.39 is 0 Å². The number of nitrogens with zero attached hydrogens (tertiary/aromatic N) is 3. The molecule has 0 radical (unpaired) electrons. The Labute approximate surface area is 50.4 Å². The van der Waals surface area contributed by atoms with E-state index in [1.165, 1.54) is 6.08 Å². The van der Waals surface area contributed by atoms with Crippen molar-refractivity contribution < 1.29 is 9.42 Å². The number of aromatic nitrogens is 2. The van der Waals surface area contributed by atoms with Gasteiger partial charge in [0.1, 0.15) is 5.69 Å². The lowest BCUT2D eigenvalue weighted by Crippen LogP contribution is -1.67. The van der Waals surface area contributed by atoms with E-state index in [9.17, 15) is 4.79 Å². The molecule has 1 heterocycles. The molecule has 0 aliphatic heterocycles. The summed E-state index contributed by atoms with van der Waals surface area (Å²) in [5, 5.41) is 6.67. The topological polar surface area (TPSA) is 68.3 Å². The molecule has 0 bridgehead atoms. The van der Waals surface area contributed by atoms with Crippen molar-refractivity contribution in [3.05, 3.63) is 5.69 Å².